The fourth-order valence-corrected chi connectivity index (χ4v) is 18.7. The van der Waals surface area contributed by atoms with Crippen molar-refractivity contribution in [1.82, 2.24) is 0 Å². The smallest absolute Gasteiger partial charge is 0.139 e. The molecule has 6 aliphatic carbocycles. The van der Waals surface area contributed by atoms with Crippen molar-refractivity contribution in [3.05, 3.63) is 177 Å². The Labute approximate surface area is 688 Å². The predicted octanol–water partition coefficient (Wildman–Crippen LogP) is 29.4. The molecule has 4 aromatic rings. The highest BCUT2D eigenvalue weighted by molar-refractivity contribution is 6.08. The van der Waals surface area contributed by atoms with Crippen LogP contribution in [0.15, 0.2) is 158 Å². The van der Waals surface area contributed by atoms with Crippen molar-refractivity contribution in [3.8, 4) is 0 Å². The Morgan fingerprint density at radius 2 is 0.589 bits per heavy atom. The summed E-state index contributed by atoms with van der Waals surface area (Å²) < 4.78 is 0. The average molecular weight is 1530 g/mol. The molecule has 7 heteroatoms. The van der Waals surface area contributed by atoms with Gasteiger partial charge in [-0.05, 0) is 226 Å². The second kappa shape index (κ2) is 47.7. The topological polar surface area (TPSA) is 95.9 Å². The highest BCUT2D eigenvalue weighted by atomic mass is 16.1. The zero-order chi connectivity index (χ0) is 80.5. The van der Waals surface area contributed by atoms with Crippen LogP contribution in [0.25, 0.3) is 0 Å². The van der Waals surface area contributed by atoms with E-state index in [2.05, 4.69) is 264 Å². The maximum atomic E-state index is 12.0. The molecule has 12 atom stereocenters. The number of carbonyl (C=O) groups is 2. The van der Waals surface area contributed by atoms with Gasteiger partial charge in [-0.25, -0.2) is 0 Å². The van der Waals surface area contributed by atoms with Crippen molar-refractivity contribution >= 4 is 40.1 Å². The minimum Gasteiger partial charge on any atom is -0.299 e. The van der Waals surface area contributed by atoms with Crippen molar-refractivity contribution in [2.75, 3.05) is 0 Å². The molecule has 12 unspecified atom stereocenters. The Morgan fingerprint density at radius 1 is 0.312 bits per heavy atom. The minimum absolute atomic E-state index is 0. The molecule has 6 fully saturated rings. The molecule has 4 bridgehead atoms. The Morgan fingerprint density at radius 3 is 0.929 bits per heavy atom. The molecule has 0 amide bonds. The first-order valence-electron chi connectivity index (χ1n) is 44.6. The first-order valence-corrected chi connectivity index (χ1v) is 44.6. The largest absolute Gasteiger partial charge is 0.299 e. The van der Waals surface area contributed by atoms with E-state index in [1.807, 2.05) is 27.7 Å². The van der Waals surface area contributed by atoms with Gasteiger partial charge < -0.3 is 0 Å². The lowest BCUT2D eigenvalue weighted by Crippen LogP contribution is -2.36. The molecule has 7 nitrogen and oxygen atoms in total. The van der Waals surface area contributed by atoms with Crippen LogP contribution in [0.1, 0.15) is 341 Å². The summed E-state index contributed by atoms with van der Waals surface area (Å²) >= 11 is 0. The van der Waals surface area contributed by atoms with Gasteiger partial charge in [0.05, 0.1) is 22.8 Å². The molecule has 0 radical (unpaired) electrons. The van der Waals surface area contributed by atoms with E-state index in [-0.39, 0.29) is 26.7 Å². The van der Waals surface area contributed by atoms with Gasteiger partial charge in [-0.3, -0.25) is 24.6 Å². The van der Waals surface area contributed by atoms with Crippen LogP contribution in [0.2, 0.25) is 0 Å². The third-order valence-electron chi connectivity index (χ3n) is 23.7. The van der Waals surface area contributed by atoms with Crippen LogP contribution >= 0.6 is 0 Å². The molecule has 0 aromatic heterocycles. The highest BCUT2D eigenvalue weighted by Crippen LogP contribution is 2.58. The van der Waals surface area contributed by atoms with Crippen LogP contribution in [-0.4, -0.2) is 40.1 Å². The van der Waals surface area contributed by atoms with Crippen molar-refractivity contribution in [2.24, 2.45) is 144 Å². The standard InChI is InChI=1S/C23H31NO.C22H31N.C21H26N2O.C21H27N.4C4H10.2CH4/c1-16(2)22(25)14-18-10-12-19(13-11-18)23-21-9-7-5-4-6-8-20(21)17(3)15-24-23;1-16(2)14-18-10-12-19(13-11-18)22-21-9-7-5-4-6-8-20(21)17(3)15-23-22;1-12(2)18(24)10-14-4-6-15(7-5-14)21-20-17-9-8-16(11-17)19(20)13(3)22-23-21;1-13(2)10-15-4-6-16(7-5-15)21-20-18-9-8-17(11-18)19(20)14(3)12-22-21;4*1-4(2)3;;/h10-13,15-16,20-21H,4-9,14H2,1-3H3;10-13,15-16,20-21H,4-9,14H2,1-3H3;4-7,12,16-17,19-20H,8-11H2,1-3H3;4-7,12-13,17-20H,8-11H2,1-3H3;4*4H,1-3H3;2*1H4. The molecule has 0 spiro atoms. The number of Topliss-reactive ketones (excluding diaryl/α,β-unsaturated/α-hetero) is 2. The second-order valence-corrected chi connectivity index (χ2v) is 39.1. The molecule has 112 heavy (non-hydrogen) atoms. The third kappa shape index (κ3) is 29.2. The Bertz CT molecular complexity index is 3690. The molecular formula is C105H163N5O2. The van der Waals surface area contributed by atoms with E-state index in [1.165, 1.54) is 201 Å². The lowest BCUT2D eigenvalue weighted by molar-refractivity contribution is -0.122. The summed E-state index contributed by atoms with van der Waals surface area (Å²) in [4.78, 5) is 38.5. The monoisotopic (exact) mass is 1530 g/mol. The van der Waals surface area contributed by atoms with Crippen LogP contribution in [0.4, 0.5) is 0 Å². The van der Waals surface area contributed by atoms with E-state index in [0.717, 1.165) is 82.6 Å². The number of allylic oxidation sites excluding steroid dienone is 3. The number of nitrogens with zero attached hydrogens (tertiary/aromatic N) is 5. The van der Waals surface area contributed by atoms with E-state index in [0.29, 0.717) is 65.8 Å². The third-order valence-corrected chi connectivity index (χ3v) is 23.7. The van der Waals surface area contributed by atoms with E-state index in [9.17, 15) is 9.59 Å². The summed E-state index contributed by atoms with van der Waals surface area (Å²) in [6, 6.07) is 35.5. The fourth-order valence-electron chi connectivity index (χ4n) is 18.7. The van der Waals surface area contributed by atoms with Gasteiger partial charge in [0.2, 0.25) is 0 Å². The number of rotatable bonds is 14. The predicted molar refractivity (Wildman–Crippen MR) is 491 cm³/mol. The normalized spacial score (nSPS) is 24.9. The number of hydrogen-bond donors (Lipinski definition) is 0. The number of benzene rings is 4. The van der Waals surface area contributed by atoms with Gasteiger partial charge in [0.25, 0.3) is 0 Å². The Balaban J connectivity index is 0.000000249. The first kappa shape index (κ1) is 96.4. The second-order valence-electron chi connectivity index (χ2n) is 39.1. The van der Waals surface area contributed by atoms with Crippen molar-refractivity contribution in [1.29, 1.82) is 0 Å². The molecule has 620 valence electrons. The van der Waals surface area contributed by atoms with Crippen LogP contribution in [-0.2, 0) is 35.3 Å². The number of hydrogen-bond acceptors (Lipinski definition) is 7. The molecule has 4 aliphatic heterocycles. The molecule has 4 heterocycles. The number of ketones is 2. The highest BCUT2D eigenvalue weighted by Gasteiger charge is 2.53. The fraction of sp³-hybridized carbons (Fsp3) is 0.648. The van der Waals surface area contributed by atoms with E-state index in [4.69, 9.17) is 15.0 Å². The summed E-state index contributed by atoms with van der Waals surface area (Å²) in [7, 11) is 0. The summed E-state index contributed by atoms with van der Waals surface area (Å²) in [6.45, 7) is 52.0. The van der Waals surface area contributed by atoms with Gasteiger partial charge in [0, 0.05) is 78.6 Å². The SMILES string of the molecule is C.C.CC(C)C.CC(C)C.CC(C)C.CC(C)C.CC1=CN=C(c2ccc(CC(=O)C(C)C)cc2)C2CCCCCCC12.CC1=CN=C(c2ccc(CC(C)C)cc2)C2C3CCC(C3)C12.CC1=CN=C(c2ccc(CC(C)C)cc2)C2CCCCCCC12.CC1=NN=C(c2ccc(CC(=O)C(C)C)cc2)C2C3CCC(C3)C12. The van der Waals surface area contributed by atoms with Gasteiger partial charge in [-0.2, -0.15) is 10.2 Å². The molecule has 0 N–H and O–H groups in total. The van der Waals surface area contributed by atoms with E-state index < -0.39 is 0 Å². The number of fused-ring (bicyclic) bond motifs is 12. The first-order chi connectivity index (χ1) is 52.3. The van der Waals surface area contributed by atoms with E-state index >= 15 is 0 Å². The van der Waals surface area contributed by atoms with Crippen LogP contribution in [0.3, 0.4) is 0 Å². The zero-order valence-corrected chi connectivity index (χ0v) is 74.1. The molecule has 6 saturated carbocycles. The summed E-state index contributed by atoms with van der Waals surface area (Å²) in [5.74, 6) is 14.2. The van der Waals surface area contributed by atoms with Gasteiger partial charge in [0.15, 0.2) is 0 Å². The molecule has 14 rings (SSSR count). The lowest BCUT2D eigenvalue weighted by Gasteiger charge is -2.35. The van der Waals surface area contributed by atoms with Crippen molar-refractivity contribution < 1.29 is 9.59 Å². The number of carbonyl (C=O) groups excluding carboxylic acids is 2. The van der Waals surface area contributed by atoms with Crippen LogP contribution in [0.5, 0.6) is 0 Å². The lowest BCUT2D eigenvalue weighted by atomic mass is 9.71. The van der Waals surface area contributed by atoms with E-state index in [1.54, 1.807) is 0 Å². The molecule has 0 saturated heterocycles. The van der Waals surface area contributed by atoms with Crippen molar-refractivity contribution in [3.63, 3.8) is 0 Å². The van der Waals surface area contributed by atoms with Gasteiger partial charge in [-0.1, -0.05) is 318 Å². The zero-order valence-electron chi connectivity index (χ0n) is 74.1. The quantitative estimate of drug-likeness (QED) is 0.126. The maximum absolute atomic E-state index is 12.0. The van der Waals surface area contributed by atoms with Crippen LogP contribution in [0, 0.1) is 118 Å². The van der Waals surface area contributed by atoms with Gasteiger partial charge >= 0.3 is 0 Å². The summed E-state index contributed by atoms with van der Waals surface area (Å²) in [6.07, 6.45) is 34.3. The molecular weight excluding hydrogens is 1360 g/mol. The Hall–Kier alpha value is -6.21. The maximum Gasteiger partial charge on any atom is 0.139 e. The van der Waals surface area contributed by atoms with Crippen LogP contribution < -0.4 is 0 Å². The van der Waals surface area contributed by atoms with Crippen molar-refractivity contribution in [2.45, 2.75) is 322 Å². The molecule has 4 aromatic carbocycles. The summed E-state index contributed by atoms with van der Waals surface area (Å²) in [5, 5.41) is 9.09. The Kier molecular flexibility index (Phi) is 41.1. The number of aliphatic imine (C=N–C) groups is 3. The van der Waals surface area contributed by atoms with Gasteiger partial charge in [0.1, 0.15) is 11.6 Å². The molecule has 10 aliphatic rings. The average Bonchev–Trinajstić information content (AvgIpc) is 1.59. The minimum atomic E-state index is 0. The summed E-state index contributed by atoms with van der Waals surface area (Å²) in [5.41, 5.74) is 21.1. The van der Waals surface area contributed by atoms with Gasteiger partial charge in [-0.15, -0.1) is 0 Å².